The first-order chi connectivity index (χ1) is 11.5. The molecule has 1 aliphatic heterocycles. The van der Waals surface area contributed by atoms with Crippen molar-refractivity contribution >= 4 is 17.7 Å². The van der Waals surface area contributed by atoms with Crippen molar-refractivity contribution in [2.45, 2.75) is 25.9 Å². The Bertz CT molecular complexity index is 717. The molecule has 6 heteroatoms. The fourth-order valence-electron chi connectivity index (χ4n) is 2.84. The molecule has 3 rings (SSSR count). The predicted molar refractivity (Wildman–Crippen MR) is 95.0 cm³/mol. The minimum Gasteiger partial charge on any atom is -0.363 e. The van der Waals surface area contributed by atoms with E-state index in [1.54, 1.807) is 0 Å². The van der Waals surface area contributed by atoms with Gasteiger partial charge in [-0.1, -0.05) is 30.3 Å². The van der Waals surface area contributed by atoms with Crippen molar-refractivity contribution in [3.8, 4) is 0 Å². The van der Waals surface area contributed by atoms with Gasteiger partial charge in [0.2, 0.25) is 11.9 Å². The van der Waals surface area contributed by atoms with Crippen molar-refractivity contribution < 1.29 is 4.79 Å². The van der Waals surface area contributed by atoms with Crippen molar-refractivity contribution in [1.82, 2.24) is 14.9 Å². The van der Waals surface area contributed by atoms with Gasteiger partial charge in [-0.2, -0.15) is 4.98 Å². The normalized spacial score (nSPS) is 17.2. The third-order valence-electron chi connectivity index (χ3n) is 4.12. The Morgan fingerprint density at radius 3 is 2.71 bits per heavy atom. The Morgan fingerprint density at radius 1 is 1.25 bits per heavy atom. The monoisotopic (exact) mass is 325 g/mol. The molecule has 1 aliphatic rings. The molecular formula is C18H23N5O. The van der Waals surface area contributed by atoms with Crippen LogP contribution in [0.3, 0.4) is 0 Å². The standard InChI is InChI=1S/C18H23N5O/c1-13-11-16(22(2)3)21-18(19-13)20-15-9-10-23(17(15)24)12-14-7-5-4-6-8-14/h4-8,11,15H,9-10,12H2,1-3H3,(H,19,20,21)/t15-/m1/s1. The molecule has 24 heavy (non-hydrogen) atoms. The summed E-state index contributed by atoms with van der Waals surface area (Å²) < 4.78 is 0. The van der Waals surface area contributed by atoms with Crippen LogP contribution in [0.4, 0.5) is 11.8 Å². The zero-order chi connectivity index (χ0) is 17.1. The Balaban J connectivity index is 1.68. The number of amides is 1. The molecular weight excluding hydrogens is 302 g/mol. The number of carbonyl (C=O) groups excluding carboxylic acids is 1. The van der Waals surface area contributed by atoms with Crippen LogP contribution in [0.25, 0.3) is 0 Å². The topological polar surface area (TPSA) is 61.4 Å². The quantitative estimate of drug-likeness (QED) is 0.912. The van der Waals surface area contributed by atoms with Crippen molar-refractivity contribution in [1.29, 1.82) is 0 Å². The summed E-state index contributed by atoms with van der Waals surface area (Å²) in [4.78, 5) is 25.3. The van der Waals surface area contributed by atoms with Crippen molar-refractivity contribution in [2.75, 3.05) is 30.9 Å². The second kappa shape index (κ2) is 6.86. The summed E-state index contributed by atoms with van der Waals surface area (Å²) in [6, 6.07) is 11.7. The van der Waals surface area contributed by atoms with Gasteiger partial charge in [-0.05, 0) is 18.9 Å². The lowest BCUT2D eigenvalue weighted by Gasteiger charge is -2.18. The van der Waals surface area contributed by atoms with Gasteiger partial charge in [-0.3, -0.25) is 4.79 Å². The number of hydrogen-bond acceptors (Lipinski definition) is 5. The zero-order valence-electron chi connectivity index (χ0n) is 14.4. The first kappa shape index (κ1) is 16.2. The first-order valence-electron chi connectivity index (χ1n) is 8.15. The number of nitrogens with zero attached hydrogens (tertiary/aromatic N) is 4. The highest BCUT2D eigenvalue weighted by Gasteiger charge is 2.32. The van der Waals surface area contributed by atoms with Crippen molar-refractivity contribution in [3.05, 3.63) is 47.7 Å². The lowest BCUT2D eigenvalue weighted by atomic mass is 10.2. The molecule has 2 heterocycles. The maximum atomic E-state index is 12.6. The van der Waals surface area contributed by atoms with Crippen LogP contribution >= 0.6 is 0 Å². The van der Waals surface area contributed by atoms with Gasteiger partial charge in [-0.15, -0.1) is 0 Å². The Kier molecular flexibility index (Phi) is 4.64. The molecule has 0 bridgehead atoms. The van der Waals surface area contributed by atoms with Gasteiger partial charge in [0.15, 0.2) is 0 Å². The number of benzene rings is 1. The molecule has 126 valence electrons. The molecule has 1 amide bonds. The van der Waals surface area contributed by atoms with Gasteiger partial charge in [-0.25, -0.2) is 4.98 Å². The van der Waals surface area contributed by atoms with Gasteiger partial charge in [0, 0.05) is 38.9 Å². The lowest BCUT2D eigenvalue weighted by Crippen LogP contribution is -2.33. The van der Waals surface area contributed by atoms with E-state index in [1.807, 2.05) is 67.2 Å². The van der Waals surface area contributed by atoms with E-state index >= 15 is 0 Å². The lowest BCUT2D eigenvalue weighted by molar-refractivity contribution is -0.128. The largest absolute Gasteiger partial charge is 0.363 e. The van der Waals surface area contributed by atoms with Crippen LogP contribution in [0.5, 0.6) is 0 Å². The summed E-state index contributed by atoms with van der Waals surface area (Å²) in [5, 5.41) is 3.20. The summed E-state index contributed by atoms with van der Waals surface area (Å²) in [5.74, 6) is 1.45. The van der Waals surface area contributed by atoms with Crippen LogP contribution in [0.1, 0.15) is 17.7 Å². The molecule has 1 N–H and O–H groups in total. The average molecular weight is 325 g/mol. The summed E-state index contributed by atoms with van der Waals surface area (Å²) in [7, 11) is 3.88. The van der Waals surface area contributed by atoms with E-state index in [1.165, 1.54) is 0 Å². The predicted octanol–water partition coefficient (Wildman–Crippen LogP) is 2.06. The zero-order valence-corrected chi connectivity index (χ0v) is 14.4. The third-order valence-corrected chi connectivity index (χ3v) is 4.12. The second-order valence-corrected chi connectivity index (χ2v) is 6.32. The van der Waals surface area contributed by atoms with Crippen LogP contribution in [0.15, 0.2) is 36.4 Å². The van der Waals surface area contributed by atoms with E-state index in [0.717, 1.165) is 30.0 Å². The number of rotatable bonds is 5. The van der Waals surface area contributed by atoms with Crippen LogP contribution in [0, 0.1) is 6.92 Å². The molecule has 6 nitrogen and oxygen atoms in total. The highest BCUT2D eigenvalue weighted by atomic mass is 16.2. The van der Waals surface area contributed by atoms with Gasteiger partial charge >= 0.3 is 0 Å². The minimum atomic E-state index is -0.259. The Labute approximate surface area is 142 Å². The number of aryl methyl sites for hydroxylation is 1. The van der Waals surface area contributed by atoms with Gasteiger partial charge < -0.3 is 15.1 Å². The molecule has 1 fully saturated rings. The maximum absolute atomic E-state index is 12.6. The minimum absolute atomic E-state index is 0.107. The van der Waals surface area contributed by atoms with E-state index in [4.69, 9.17) is 0 Å². The molecule has 0 saturated carbocycles. The molecule has 1 saturated heterocycles. The number of nitrogens with one attached hydrogen (secondary N) is 1. The van der Waals surface area contributed by atoms with Crippen LogP contribution in [0.2, 0.25) is 0 Å². The fourth-order valence-corrected chi connectivity index (χ4v) is 2.84. The van der Waals surface area contributed by atoms with Crippen LogP contribution in [-0.2, 0) is 11.3 Å². The van der Waals surface area contributed by atoms with Gasteiger partial charge in [0.05, 0.1) is 0 Å². The number of anilines is 2. The first-order valence-corrected chi connectivity index (χ1v) is 8.15. The molecule has 0 unspecified atom stereocenters. The van der Waals surface area contributed by atoms with E-state index in [-0.39, 0.29) is 11.9 Å². The molecule has 0 spiro atoms. The molecule has 0 aliphatic carbocycles. The molecule has 1 atom stereocenters. The second-order valence-electron chi connectivity index (χ2n) is 6.32. The molecule has 1 aromatic carbocycles. The average Bonchev–Trinajstić information content (AvgIpc) is 2.88. The number of aromatic nitrogens is 2. The van der Waals surface area contributed by atoms with Gasteiger partial charge in [0.25, 0.3) is 0 Å². The summed E-state index contributed by atoms with van der Waals surface area (Å²) in [5.41, 5.74) is 2.02. The summed E-state index contributed by atoms with van der Waals surface area (Å²) >= 11 is 0. The fraction of sp³-hybridized carbons (Fsp3) is 0.389. The third kappa shape index (κ3) is 3.64. The highest BCUT2D eigenvalue weighted by Crippen LogP contribution is 2.19. The highest BCUT2D eigenvalue weighted by molar-refractivity contribution is 5.86. The Morgan fingerprint density at radius 2 is 2.00 bits per heavy atom. The number of likely N-dealkylation sites (tertiary alicyclic amines) is 1. The summed E-state index contributed by atoms with van der Waals surface area (Å²) in [6.45, 7) is 3.32. The van der Waals surface area contributed by atoms with E-state index < -0.39 is 0 Å². The van der Waals surface area contributed by atoms with Crippen molar-refractivity contribution in [3.63, 3.8) is 0 Å². The van der Waals surface area contributed by atoms with E-state index in [9.17, 15) is 4.79 Å². The number of carbonyl (C=O) groups is 1. The van der Waals surface area contributed by atoms with Gasteiger partial charge in [0.1, 0.15) is 11.9 Å². The van der Waals surface area contributed by atoms with Crippen LogP contribution < -0.4 is 10.2 Å². The van der Waals surface area contributed by atoms with E-state index in [2.05, 4.69) is 15.3 Å². The SMILES string of the molecule is Cc1cc(N(C)C)nc(N[C@@H]2CCN(Cc3ccccc3)C2=O)n1. The maximum Gasteiger partial charge on any atom is 0.245 e. The molecule has 0 radical (unpaired) electrons. The van der Waals surface area contributed by atoms with Crippen LogP contribution in [-0.4, -0.2) is 47.5 Å². The van der Waals surface area contributed by atoms with E-state index in [0.29, 0.717) is 12.5 Å². The summed E-state index contributed by atoms with van der Waals surface area (Å²) in [6.07, 6.45) is 0.764. The molecule has 2 aromatic rings. The number of hydrogen-bond donors (Lipinski definition) is 1. The van der Waals surface area contributed by atoms with Crippen molar-refractivity contribution in [2.24, 2.45) is 0 Å². The smallest absolute Gasteiger partial charge is 0.245 e. The Hall–Kier alpha value is -2.63. The molecule has 1 aromatic heterocycles.